The first kappa shape index (κ1) is 27.0. The molecule has 0 bridgehead atoms. The molecule has 6 rings (SSSR count). The molecule has 0 saturated heterocycles. The van der Waals surface area contributed by atoms with Gasteiger partial charge in [-0.15, -0.1) is 0 Å². The lowest BCUT2D eigenvalue weighted by Crippen LogP contribution is -2.26. The van der Waals surface area contributed by atoms with E-state index in [-0.39, 0.29) is 10.8 Å². The Bertz CT molecular complexity index is 1650. The van der Waals surface area contributed by atoms with E-state index >= 15 is 0 Å². The van der Waals surface area contributed by atoms with Crippen LogP contribution in [0.2, 0.25) is 0 Å². The molecule has 0 amide bonds. The van der Waals surface area contributed by atoms with Gasteiger partial charge in [0.1, 0.15) is 18.6 Å². The fourth-order valence-corrected chi connectivity index (χ4v) is 6.84. The second-order valence-electron chi connectivity index (χ2n) is 12.4. The Balaban J connectivity index is 1.41. The molecule has 4 heteroatoms. The fraction of sp³-hybridized carbons (Fsp3) is 0.297. The third-order valence-corrected chi connectivity index (χ3v) is 9.11. The molecule has 0 radical (unpaired) electrons. The smallest absolute Gasteiger partial charge is 0.209 e. The molecule has 1 aliphatic carbocycles. The molecule has 3 aromatic rings. The van der Waals surface area contributed by atoms with Crippen molar-refractivity contribution in [2.75, 3.05) is 19.0 Å². The highest BCUT2D eigenvalue weighted by molar-refractivity contribution is 6.03. The fourth-order valence-electron chi connectivity index (χ4n) is 6.84. The third-order valence-electron chi connectivity index (χ3n) is 9.11. The van der Waals surface area contributed by atoms with Crippen LogP contribution in [0, 0.1) is 0 Å². The van der Waals surface area contributed by atoms with E-state index in [4.69, 9.17) is 4.74 Å². The van der Waals surface area contributed by atoms with Gasteiger partial charge in [0.05, 0.1) is 5.41 Å². The third kappa shape index (κ3) is 4.65. The maximum absolute atomic E-state index is 6.65. The van der Waals surface area contributed by atoms with Crippen LogP contribution < -0.4 is 9.64 Å². The number of hydrogen-bond acceptors (Lipinski definition) is 3. The van der Waals surface area contributed by atoms with Gasteiger partial charge in [0.2, 0.25) is 5.69 Å². The molecule has 2 aromatic carbocycles. The van der Waals surface area contributed by atoms with Crippen LogP contribution in [-0.2, 0) is 10.8 Å². The quantitative estimate of drug-likeness (QED) is 0.303. The maximum Gasteiger partial charge on any atom is 0.209 e. The molecule has 3 heterocycles. The van der Waals surface area contributed by atoms with Gasteiger partial charge in [0, 0.05) is 53.9 Å². The topological polar surface area (TPSA) is 28.4 Å². The molecule has 0 atom stereocenters. The SMILES string of the molecule is CN1/C(=C/C=C2\CCCC(/C=C/C3=[N+](C)c4ccccc4C3(C)C)=C2Oc2ccncc2)C(C)(C)c2ccccc21. The highest BCUT2D eigenvalue weighted by Crippen LogP contribution is 2.47. The summed E-state index contributed by atoms with van der Waals surface area (Å²) in [6.45, 7) is 9.25. The molecule has 208 valence electrons. The lowest BCUT2D eigenvalue weighted by atomic mass is 9.81. The second kappa shape index (κ2) is 10.3. The molecular weight excluding hydrogens is 502 g/mol. The van der Waals surface area contributed by atoms with E-state index in [0.717, 1.165) is 30.8 Å². The van der Waals surface area contributed by atoms with Crippen molar-refractivity contribution in [1.29, 1.82) is 0 Å². The number of rotatable bonds is 5. The summed E-state index contributed by atoms with van der Waals surface area (Å²) >= 11 is 0. The first-order valence-corrected chi connectivity index (χ1v) is 14.6. The number of likely N-dealkylation sites (N-methyl/N-ethyl adjacent to an activating group) is 1. The van der Waals surface area contributed by atoms with Crippen molar-refractivity contribution in [3.8, 4) is 5.75 Å². The van der Waals surface area contributed by atoms with Gasteiger partial charge in [-0.3, -0.25) is 4.98 Å². The van der Waals surface area contributed by atoms with E-state index < -0.39 is 0 Å². The molecule has 3 aliphatic rings. The van der Waals surface area contributed by atoms with Crippen LogP contribution in [0.3, 0.4) is 0 Å². The van der Waals surface area contributed by atoms with Crippen molar-refractivity contribution >= 4 is 17.1 Å². The number of fused-ring (bicyclic) bond motifs is 2. The monoisotopic (exact) mass is 542 g/mol. The van der Waals surface area contributed by atoms with Gasteiger partial charge in [-0.25, -0.2) is 0 Å². The number of hydrogen-bond donors (Lipinski definition) is 0. The molecule has 0 saturated carbocycles. The number of pyridine rings is 1. The van der Waals surface area contributed by atoms with Crippen LogP contribution in [0.15, 0.2) is 120 Å². The summed E-state index contributed by atoms with van der Waals surface area (Å²) in [4.78, 5) is 6.52. The number of benzene rings is 2. The lowest BCUT2D eigenvalue weighted by Gasteiger charge is -2.25. The van der Waals surface area contributed by atoms with Crippen LogP contribution in [0.1, 0.15) is 58.1 Å². The highest BCUT2D eigenvalue weighted by Gasteiger charge is 2.42. The summed E-state index contributed by atoms with van der Waals surface area (Å²) in [7, 11) is 4.35. The Kier molecular flexibility index (Phi) is 6.81. The molecular formula is C37H40N3O+. The Labute approximate surface area is 244 Å². The first-order valence-electron chi connectivity index (χ1n) is 14.6. The predicted octanol–water partition coefficient (Wildman–Crippen LogP) is 8.40. The molecule has 0 unspecified atom stereocenters. The van der Waals surface area contributed by atoms with Crippen LogP contribution in [-0.4, -0.2) is 29.4 Å². The van der Waals surface area contributed by atoms with Gasteiger partial charge in [-0.05, 0) is 80.2 Å². The van der Waals surface area contributed by atoms with E-state index in [1.54, 1.807) is 12.4 Å². The van der Waals surface area contributed by atoms with Crippen LogP contribution in [0.5, 0.6) is 5.75 Å². The van der Waals surface area contributed by atoms with E-state index in [0.29, 0.717) is 0 Å². The summed E-state index contributed by atoms with van der Waals surface area (Å²) in [5.41, 5.74) is 10.2. The number of para-hydroxylation sites is 2. The Morgan fingerprint density at radius 3 is 2.27 bits per heavy atom. The van der Waals surface area contributed by atoms with Crippen LogP contribution in [0.25, 0.3) is 0 Å². The number of ether oxygens (including phenoxy) is 1. The van der Waals surface area contributed by atoms with E-state index in [2.05, 4.69) is 129 Å². The number of nitrogens with zero attached hydrogens (tertiary/aromatic N) is 3. The van der Waals surface area contributed by atoms with E-state index in [1.165, 1.54) is 45.1 Å². The Hall–Kier alpha value is -4.18. The van der Waals surface area contributed by atoms with Gasteiger partial charge >= 0.3 is 0 Å². The molecule has 2 aliphatic heterocycles. The minimum Gasteiger partial charge on any atom is -0.457 e. The largest absolute Gasteiger partial charge is 0.457 e. The van der Waals surface area contributed by atoms with Crippen molar-refractivity contribution < 1.29 is 9.31 Å². The molecule has 0 fully saturated rings. The highest BCUT2D eigenvalue weighted by atomic mass is 16.5. The minimum atomic E-state index is -0.0695. The van der Waals surface area contributed by atoms with Crippen molar-refractivity contribution in [2.45, 2.75) is 57.8 Å². The van der Waals surface area contributed by atoms with Gasteiger partial charge in [0.25, 0.3) is 0 Å². The Morgan fingerprint density at radius 2 is 1.54 bits per heavy atom. The first-order chi connectivity index (χ1) is 19.7. The summed E-state index contributed by atoms with van der Waals surface area (Å²) < 4.78 is 8.98. The van der Waals surface area contributed by atoms with Crippen molar-refractivity contribution in [3.63, 3.8) is 0 Å². The zero-order chi connectivity index (χ0) is 28.8. The number of aromatic nitrogens is 1. The zero-order valence-electron chi connectivity index (χ0n) is 25.1. The standard InChI is InChI=1S/C37H40N3O/c1-36(2)29-14-7-9-16-31(29)39(5)33(36)20-18-26-12-11-13-27(35(26)41-28-22-24-38-25-23-28)19-21-34-37(3,4)30-15-8-10-17-32(30)40(34)6/h7-10,14-25H,11-13H2,1-6H3/q+1. The molecule has 0 spiro atoms. The van der Waals surface area contributed by atoms with Crippen molar-refractivity contribution in [2.24, 2.45) is 0 Å². The molecule has 41 heavy (non-hydrogen) atoms. The van der Waals surface area contributed by atoms with Gasteiger partial charge in [-0.1, -0.05) is 56.3 Å². The maximum atomic E-state index is 6.65. The Morgan fingerprint density at radius 1 is 0.829 bits per heavy atom. The van der Waals surface area contributed by atoms with Crippen molar-refractivity contribution in [1.82, 2.24) is 4.98 Å². The van der Waals surface area contributed by atoms with Gasteiger partial charge < -0.3 is 9.64 Å². The summed E-state index contributed by atoms with van der Waals surface area (Å²) in [6.07, 6.45) is 15.8. The van der Waals surface area contributed by atoms with Crippen LogP contribution in [0.4, 0.5) is 11.4 Å². The lowest BCUT2D eigenvalue weighted by molar-refractivity contribution is -0.401. The van der Waals surface area contributed by atoms with Crippen molar-refractivity contribution in [3.05, 3.63) is 131 Å². The molecule has 1 aromatic heterocycles. The van der Waals surface area contributed by atoms with E-state index in [9.17, 15) is 0 Å². The van der Waals surface area contributed by atoms with Gasteiger partial charge in [0.15, 0.2) is 5.71 Å². The number of allylic oxidation sites excluding steroid dienone is 7. The minimum absolute atomic E-state index is 0.0695. The number of anilines is 1. The average molecular weight is 543 g/mol. The van der Waals surface area contributed by atoms with Gasteiger partial charge in [-0.2, -0.15) is 4.58 Å². The second-order valence-corrected chi connectivity index (χ2v) is 12.4. The normalized spacial score (nSPS) is 21.3. The predicted molar refractivity (Wildman–Crippen MR) is 169 cm³/mol. The van der Waals surface area contributed by atoms with E-state index in [1.807, 2.05) is 12.1 Å². The molecule has 0 N–H and O–H groups in total. The average Bonchev–Trinajstić information content (AvgIpc) is 3.29. The zero-order valence-corrected chi connectivity index (χ0v) is 25.1. The molecule has 4 nitrogen and oxygen atoms in total. The van der Waals surface area contributed by atoms with Crippen LogP contribution >= 0.6 is 0 Å². The summed E-state index contributed by atoms with van der Waals surface area (Å²) in [5, 5.41) is 0. The summed E-state index contributed by atoms with van der Waals surface area (Å²) in [6, 6.07) is 21.3. The summed E-state index contributed by atoms with van der Waals surface area (Å²) in [5.74, 6) is 1.77.